The summed E-state index contributed by atoms with van der Waals surface area (Å²) in [5.41, 5.74) is 0.666. The molecule has 0 saturated carbocycles. The Balaban J connectivity index is 1.64. The monoisotopic (exact) mass is 484 g/mol. The smallest absolute Gasteiger partial charge is 0.338 e. The first-order valence-electron chi connectivity index (χ1n) is 9.71. The largest absolute Gasteiger partial charge is 0.452 e. The fraction of sp³-hybridized carbons (Fsp3) is 0.333. The van der Waals surface area contributed by atoms with E-state index in [2.05, 4.69) is 0 Å². The third kappa shape index (κ3) is 5.83. The summed E-state index contributed by atoms with van der Waals surface area (Å²) in [4.78, 5) is 25.8. The number of benzene rings is 2. The highest BCUT2D eigenvalue weighted by Gasteiger charge is 2.29. The lowest BCUT2D eigenvalue weighted by atomic mass is 10.2. The Morgan fingerprint density at radius 1 is 1.16 bits per heavy atom. The predicted molar refractivity (Wildman–Crippen MR) is 114 cm³/mol. The molecule has 0 radical (unpaired) electrons. The average molecular weight is 485 g/mol. The number of carbonyl (C=O) groups excluding carboxylic acids is 2. The number of amides is 1. The number of halogens is 2. The van der Waals surface area contributed by atoms with Gasteiger partial charge in [-0.25, -0.2) is 17.6 Å². The SMILES string of the molecule is CN(Cc1ccc(F)cc1)C(=O)COC(=O)c1ccc(Cl)c(S(=O)(=O)N2CCOCC2)c1. The number of nitrogens with zero attached hydrogens (tertiary/aromatic N) is 2. The molecule has 2 aromatic rings. The minimum Gasteiger partial charge on any atom is -0.452 e. The zero-order valence-electron chi connectivity index (χ0n) is 17.3. The molecule has 0 atom stereocenters. The van der Waals surface area contributed by atoms with E-state index in [0.717, 1.165) is 6.07 Å². The second-order valence-electron chi connectivity index (χ2n) is 7.11. The van der Waals surface area contributed by atoms with E-state index < -0.39 is 28.5 Å². The van der Waals surface area contributed by atoms with Crippen LogP contribution in [0.3, 0.4) is 0 Å². The van der Waals surface area contributed by atoms with Crippen molar-refractivity contribution in [3.63, 3.8) is 0 Å². The number of hydrogen-bond acceptors (Lipinski definition) is 6. The summed E-state index contributed by atoms with van der Waals surface area (Å²) in [6, 6.07) is 9.45. The lowest BCUT2D eigenvalue weighted by Crippen LogP contribution is -2.40. The molecule has 0 aliphatic carbocycles. The summed E-state index contributed by atoms with van der Waals surface area (Å²) >= 11 is 6.09. The van der Waals surface area contributed by atoms with Crippen molar-refractivity contribution in [2.24, 2.45) is 0 Å². The van der Waals surface area contributed by atoms with Gasteiger partial charge in [-0.1, -0.05) is 23.7 Å². The van der Waals surface area contributed by atoms with Crippen LogP contribution in [0.25, 0.3) is 0 Å². The Hall–Kier alpha value is -2.53. The average Bonchev–Trinajstić information content (AvgIpc) is 2.79. The van der Waals surface area contributed by atoms with Gasteiger partial charge in [-0.3, -0.25) is 4.79 Å². The van der Waals surface area contributed by atoms with Crippen molar-refractivity contribution in [1.82, 2.24) is 9.21 Å². The van der Waals surface area contributed by atoms with Gasteiger partial charge >= 0.3 is 5.97 Å². The quantitative estimate of drug-likeness (QED) is 0.560. The first-order valence-corrected chi connectivity index (χ1v) is 11.5. The number of hydrogen-bond donors (Lipinski definition) is 0. The van der Waals surface area contributed by atoms with Gasteiger partial charge in [-0.2, -0.15) is 4.31 Å². The maximum atomic E-state index is 13.0. The Bertz CT molecular complexity index is 1090. The molecule has 1 amide bonds. The van der Waals surface area contributed by atoms with E-state index in [1.54, 1.807) is 12.1 Å². The first kappa shape index (κ1) is 24.1. The number of sulfonamides is 1. The van der Waals surface area contributed by atoms with Crippen molar-refractivity contribution in [3.05, 3.63) is 64.4 Å². The molecule has 0 spiro atoms. The summed E-state index contributed by atoms with van der Waals surface area (Å²) in [7, 11) is -2.40. The summed E-state index contributed by atoms with van der Waals surface area (Å²) < 4.78 is 50.2. The predicted octanol–water partition coefficient (Wildman–Crippen LogP) is 2.32. The van der Waals surface area contributed by atoms with Crippen molar-refractivity contribution < 1.29 is 31.9 Å². The fourth-order valence-corrected chi connectivity index (χ4v) is 4.94. The standard InChI is InChI=1S/C21H22ClFN2O6S/c1-24(13-15-2-5-17(23)6-3-15)20(26)14-31-21(27)16-4-7-18(22)19(12-16)32(28,29)25-8-10-30-11-9-25/h2-7,12H,8-11,13-14H2,1H3. The molecule has 172 valence electrons. The van der Waals surface area contributed by atoms with Crippen LogP contribution >= 0.6 is 11.6 Å². The third-order valence-electron chi connectivity index (χ3n) is 4.84. The van der Waals surface area contributed by atoms with Crippen molar-refractivity contribution in [1.29, 1.82) is 0 Å². The minimum atomic E-state index is -3.92. The molecule has 0 aromatic heterocycles. The van der Waals surface area contributed by atoms with E-state index >= 15 is 0 Å². The highest BCUT2D eigenvalue weighted by atomic mass is 35.5. The Labute approximate surface area is 190 Å². The first-order chi connectivity index (χ1) is 15.2. The van der Waals surface area contributed by atoms with E-state index in [-0.39, 0.29) is 54.1 Å². The van der Waals surface area contributed by atoms with Crippen LogP contribution in [-0.4, -0.2) is 69.5 Å². The van der Waals surface area contributed by atoms with Crippen molar-refractivity contribution >= 4 is 33.5 Å². The maximum absolute atomic E-state index is 13.0. The molecule has 1 aliphatic heterocycles. The summed E-state index contributed by atoms with van der Waals surface area (Å²) in [6.07, 6.45) is 0. The minimum absolute atomic E-state index is 0.0249. The van der Waals surface area contributed by atoms with Crippen LogP contribution < -0.4 is 0 Å². The fourth-order valence-electron chi connectivity index (χ4n) is 3.03. The highest BCUT2D eigenvalue weighted by molar-refractivity contribution is 7.89. The molecule has 0 bridgehead atoms. The van der Waals surface area contributed by atoms with Crippen molar-refractivity contribution in [2.45, 2.75) is 11.4 Å². The van der Waals surface area contributed by atoms with Crippen LogP contribution in [0.1, 0.15) is 15.9 Å². The summed E-state index contributed by atoms with van der Waals surface area (Å²) in [6.45, 7) is 0.576. The highest BCUT2D eigenvalue weighted by Crippen LogP contribution is 2.26. The summed E-state index contributed by atoms with van der Waals surface area (Å²) in [5, 5.41) is -0.0249. The third-order valence-corrected chi connectivity index (χ3v) is 7.22. The molecule has 8 nitrogen and oxygen atoms in total. The van der Waals surface area contributed by atoms with Gasteiger partial charge in [0.15, 0.2) is 6.61 Å². The van der Waals surface area contributed by atoms with Crippen LogP contribution in [0.5, 0.6) is 0 Å². The van der Waals surface area contributed by atoms with Crippen LogP contribution in [0.2, 0.25) is 5.02 Å². The number of morpholine rings is 1. The number of rotatable bonds is 7. The van der Waals surface area contributed by atoms with Crippen LogP contribution in [-0.2, 0) is 30.8 Å². The van der Waals surface area contributed by atoms with Gasteiger partial charge in [0.25, 0.3) is 5.91 Å². The molecule has 32 heavy (non-hydrogen) atoms. The van der Waals surface area contributed by atoms with Crippen molar-refractivity contribution in [2.75, 3.05) is 40.0 Å². The Kier molecular flexibility index (Phi) is 7.83. The number of ether oxygens (including phenoxy) is 2. The molecular formula is C21H22ClFN2O6S. The number of carbonyl (C=O) groups is 2. The van der Waals surface area contributed by atoms with Gasteiger partial charge in [0, 0.05) is 26.7 Å². The molecule has 0 N–H and O–H groups in total. The molecule has 2 aromatic carbocycles. The van der Waals surface area contributed by atoms with Gasteiger partial charge in [-0.15, -0.1) is 0 Å². The Morgan fingerprint density at radius 2 is 1.81 bits per heavy atom. The lowest BCUT2D eigenvalue weighted by Gasteiger charge is -2.26. The molecular weight excluding hydrogens is 463 g/mol. The van der Waals surface area contributed by atoms with E-state index in [9.17, 15) is 22.4 Å². The molecule has 1 aliphatic rings. The Morgan fingerprint density at radius 3 is 2.47 bits per heavy atom. The zero-order valence-corrected chi connectivity index (χ0v) is 18.9. The van der Waals surface area contributed by atoms with E-state index in [1.807, 2.05) is 0 Å². The number of likely N-dealkylation sites (N-methyl/N-ethyl adjacent to an activating group) is 1. The van der Waals surface area contributed by atoms with Crippen LogP contribution in [0.15, 0.2) is 47.4 Å². The second kappa shape index (κ2) is 10.4. The molecule has 1 heterocycles. The zero-order chi connectivity index (χ0) is 23.3. The second-order valence-corrected chi connectivity index (χ2v) is 9.43. The lowest BCUT2D eigenvalue weighted by molar-refractivity contribution is -0.133. The summed E-state index contributed by atoms with van der Waals surface area (Å²) in [5.74, 6) is -1.71. The molecule has 11 heteroatoms. The normalized spacial score (nSPS) is 14.7. The molecule has 3 rings (SSSR count). The van der Waals surface area contributed by atoms with E-state index in [4.69, 9.17) is 21.1 Å². The van der Waals surface area contributed by atoms with Gasteiger partial charge in [-0.05, 0) is 35.9 Å². The molecule has 1 fully saturated rings. The van der Waals surface area contributed by atoms with Crippen LogP contribution in [0, 0.1) is 5.82 Å². The van der Waals surface area contributed by atoms with Gasteiger partial charge < -0.3 is 14.4 Å². The van der Waals surface area contributed by atoms with Crippen LogP contribution in [0.4, 0.5) is 4.39 Å². The molecule has 1 saturated heterocycles. The van der Waals surface area contributed by atoms with Gasteiger partial charge in [0.2, 0.25) is 10.0 Å². The van der Waals surface area contributed by atoms with Gasteiger partial charge in [0.1, 0.15) is 10.7 Å². The van der Waals surface area contributed by atoms with Crippen molar-refractivity contribution in [3.8, 4) is 0 Å². The maximum Gasteiger partial charge on any atom is 0.338 e. The topological polar surface area (TPSA) is 93.2 Å². The molecule has 0 unspecified atom stereocenters. The van der Waals surface area contributed by atoms with Gasteiger partial charge in [0.05, 0.1) is 23.8 Å². The number of esters is 1. The van der Waals surface area contributed by atoms with E-state index in [1.165, 1.54) is 40.5 Å². The van der Waals surface area contributed by atoms with E-state index in [0.29, 0.717) is 5.56 Å².